The molecule has 2 aromatic heterocycles. The number of aromatic nitrogens is 2. The zero-order valence-electron chi connectivity index (χ0n) is 10.9. The Balaban J connectivity index is 2.39. The van der Waals surface area contributed by atoms with Crippen molar-refractivity contribution in [2.75, 3.05) is 5.73 Å². The summed E-state index contributed by atoms with van der Waals surface area (Å²) in [6.45, 7) is 4.24. The number of anilines is 1. The maximum atomic E-state index is 5.92. The van der Waals surface area contributed by atoms with Crippen molar-refractivity contribution in [1.29, 1.82) is 0 Å². The van der Waals surface area contributed by atoms with Gasteiger partial charge in [-0.05, 0) is 31.5 Å². The predicted octanol–water partition coefficient (Wildman–Crippen LogP) is 3.37. The number of nitrogens with zero attached hydrogens (tertiary/aromatic N) is 1. The topological polar surface area (TPSA) is 46.7 Å². The molecule has 0 bridgehead atoms. The molecule has 0 unspecified atom stereocenters. The Labute approximate surface area is 106 Å². The van der Waals surface area contributed by atoms with Crippen LogP contribution < -0.4 is 5.73 Å². The monoisotopic (exact) mass is 239 g/mol. The van der Waals surface area contributed by atoms with Crippen LogP contribution in [0.2, 0.25) is 0 Å². The summed E-state index contributed by atoms with van der Waals surface area (Å²) in [6, 6.07) is 10.4. The van der Waals surface area contributed by atoms with E-state index in [9.17, 15) is 0 Å². The summed E-state index contributed by atoms with van der Waals surface area (Å²) in [7, 11) is 2.00. The molecule has 0 fully saturated rings. The van der Waals surface area contributed by atoms with Gasteiger partial charge in [-0.1, -0.05) is 18.2 Å². The van der Waals surface area contributed by atoms with Gasteiger partial charge in [0.15, 0.2) is 0 Å². The average Bonchev–Trinajstić information content (AvgIpc) is 2.83. The number of nitrogens with two attached hydrogens (primary N) is 1. The molecule has 1 aromatic carbocycles. The van der Waals surface area contributed by atoms with Crippen LogP contribution in [0.25, 0.3) is 22.2 Å². The molecule has 3 rings (SSSR count). The summed E-state index contributed by atoms with van der Waals surface area (Å²) in [6.07, 6.45) is 0. The SMILES string of the molecule is Cc1[nH]c2c(C)cccc2c1-c1ccc(N)n1C. The second kappa shape index (κ2) is 3.67. The maximum Gasteiger partial charge on any atom is 0.103 e. The first-order valence-corrected chi connectivity index (χ1v) is 6.09. The first-order chi connectivity index (χ1) is 8.59. The van der Waals surface area contributed by atoms with E-state index in [1.807, 2.05) is 17.7 Å². The van der Waals surface area contributed by atoms with Gasteiger partial charge in [0.05, 0.1) is 5.69 Å². The van der Waals surface area contributed by atoms with E-state index >= 15 is 0 Å². The molecule has 92 valence electrons. The normalized spacial score (nSPS) is 11.3. The third kappa shape index (κ3) is 1.37. The zero-order valence-corrected chi connectivity index (χ0v) is 10.9. The number of hydrogen-bond acceptors (Lipinski definition) is 1. The van der Waals surface area contributed by atoms with Crippen molar-refractivity contribution in [2.24, 2.45) is 7.05 Å². The van der Waals surface area contributed by atoms with Gasteiger partial charge in [-0.2, -0.15) is 0 Å². The number of nitrogen functional groups attached to an aromatic ring is 1. The van der Waals surface area contributed by atoms with Gasteiger partial charge in [0.25, 0.3) is 0 Å². The van der Waals surface area contributed by atoms with Crippen molar-refractivity contribution in [1.82, 2.24) is 9.55 Å². The first-order valence-electron chi connectivity index (χ1n) is 6.09. The molecule has 0 saturated carbocycles. The number of benzene rings is 1. The van der Waals surface area contributed by atoms with Crippen molar-refractivity contribution >= 4 is 16.7 Å². The van der Waals surface area contributed by atoms with Crippen molar-refractivity contribution in [3.8, 4) is 11.3 Å². The fourth-order valence-corrected chi connectivity index (χ4v) is 2.60. The van der Waals surface area contributed by atoms with Gasteiger partial charge in [0, 0.05) is 29.2 Å². The van der Waals surface area contributed by atoms with Crippen LogP contribution in [0.4, 0.5) is 5.82 Å². The molecule has 18 heavy (non-hydrogen) atoms. The summed E-state index contributed by atoms with van der Waals surface area (Å²) in [5, 5.41) is 1.26. The highest BCUT2D eigenvalue weighted by molar-refractivity contribution is 5.98. The molecule has 3 nitrogen and oxygen atoms in total. The number of hydrogen-bond donors (Lipinski definition) is 2. The zero-order chi connectivity index (χ0) is 12.9. The smallest absolute Gasteiger partial charge is 0.103 e. The Bertz CT molecular complexity index is 732. The standard InChI is InChI=1S/C15H17N3/c1-9-5-4-6-11-14(10(2)17-15(9)11)12-7-8-13(16)18(12)3/h4-8,17H,16H2,1-3H3. The fraction of sp³-hybridized carbons (Fsp3) is 0.200. The lowest BCUT2D eigenvalue weighted by Gasteiger charge is -2.05. The van der Waals surface area contributed by atoms with E-state index in [2.05, 4.69) is 43.1 Å². The molecule has 0 aliphatic rings. The summed E-state index contributed by atoms with van der Waals surface area (Å²) >= 11 is 0. The van der Waals surface area contributed by atoms with Gasteiger partial charge < -0.3 is 15.3 Å². The molecular weight excluding hydrogens is 222 g/mol. The Kier molecular flexibility index (Phi) is 2.23. The van der Waals surface area contributed by atoms with Crippen LogP contribution >= 0.6 is 0 Å². The van der Waals surface area contributed by atoms with E-state index in [-0.39, 0.29) is 0 Å². The van der Waals surface area contributed by atoms with Crippen molar-refractivity contribution in [3.63, 3.8) is 0 Å². The van der Waals surface area contributed by atoms with Crippen LogP contribution in [0.3, 0.4) is 0 Å². The molecule has 3 N–H and O–H groups in total. The van der Waals surface area contributed by atoms with Crippen molar-refractivity contribution in [3.05, 3.63) is 41.6 Å². The molecule has 0 amide bonds. The van der Waals surface area contributed by atoms with Gasteiger partial charge in [-0.3, -0.25) is 0 Å². The quantitative estimate of drug-likeness (QED) is 0.672. The minimum Gasteiger partial charge on any atom is -0.385 e. The maximum absolute atomic E-state index is 5.92. The lowest BCUT2D eigenvalue weighted by atomic mass is 10.1. The van der Waals surface area contributed by atoms with Crippen LogP contribution in [-0.2, 0) is 7.05 Å². The second-order valence-electron chi connectivity index (χ2n) is 4.82. The highest BCUT2D eigenvalue weighted by Crippen LogP contribution is 2.34. The third-order valence-corrected chi connectivity index (χ3v) is 3.65. The van der Waals surface area contributed by atoms with Crippen LogP contribution in [0.15, 0.2) is 30.3 Å². The van der Waals surface area contributed by atoms with Gasteiger partial charge in [0.1, 0.15) is 5.82 Å². The van der Waals surface area contributed by atoms with Crippen LogP contribution in [-0.4, -0.2) is 9.55 Å². The van der Waals surface area contributed by atoms with Crippen LogP contribution in [0, 0.1) is 13.8 Å². The average molecular weight is 239 g/mol. The Morgan fingerprint density at radius 3 is 2.56 bits per heavy atom. The Morgan fingerprint density at radius 1 is 1.11 bits per heavy atom. The summed E-state index contributed by atoms with van der Waals surface area (Å²) in [5.41, 5.74) is 12.0. The molecule has 3 heteroatoms. The van der Waals surface area contributed by atoms with Crippen LogP contribution in [0.5, 0.6) is 0 Å². The Morgan fingerprint density at radius 2 is 1.89 bits per heavy atom. The lowest BCUT2D eigenvalue weighted by Crippen LogP contribution is -1.97. The summed E-state index contributed by atoms with van der Waals surface area (Å²) < 4.78 is 2.03. The molecule has 0 aliphatic carbocycles. The number of nitrogens with one attached hydrogen (secondary N) is 1. The van der Waals surface area contributed by atoms with E-state index in [4.69, 9.17) is 5.73 Å². The number of para-hydroxylation sites is 1. The second-order valence-corrected chi connectivity index (χ2v) is 4.82. The number of fused-ring (bicyclic) bond motifs is 1. The molecule has 0 radical (unpaired) electrons. The summed E-state index contributed by atoms with van der Waals surface area (Å²) in [4.78, 5) is 3.48. The highest BCUT2D eigenvalue weighted by Gasteiger charge is 2.14. The lowest BCUT2D eigenvalue weighted by molar-refractivity contribution is 0.950. The van der Waals surface area contributed by atoms with Gasteiger partial charge >= 0.3 is 0 Å². The van der Waals surface area contributed by atoms with Gasteiger partial charge in [0.2, 0.25) is 0 Å². The minimum atomic E-state index is 0.784. The number of rotatable bonds is 1. The van der Waals surface area contributed by atoms with E-state index in [1.54, 1.807) is 0 Å². The molecule has 0 saturated heterocycles. The summed E-state index contributed by atoms with van der Waals surface area (Å²) in [5.74, 6) is 0.784. The van der Waals surface area contributed by atoms with Gasteiger partial charge in [-0.25, -0.2) is 0 Å². The molecule has 0 spiro atoms. The van der Waals surface area contributed by atoms with E-state index in [1.165, 1.54) is 27.7 Å². The molecular formula is C15H17N3. The number of aryl methyl sites for hydroxylation is 2. The van der Waals surface area contributed by atoms with Crippen molar-refractivity contribution in [2.45, 2.75) is 13.8 Å². The minimum absolute atomic E-state index is 0.784. The van der Waals surface area contributed by atoms with Crippen molar-refractivity contribution < 1.29 is 0 Å². The predicted molar refractivity (Wildman–Crippen MR) is 76.6 cm³/mol. The molecule has 3 aromatic rings. The Hall–Kier alpha value is -2.16. The first kappa shape index (κ1) is 11.0. The third-order valence-electron chi connectivity index (χ3n) is 3.65. The van der Waals surface area contributed by atoms with E-state index in [0.29, 0.717) is 0 Å². The molecule has 0 atom stereocenters. The van der Waals surface area contributed by atoms with E-state index < -0.39 is 0 Å². The molecule has 2 heterocycles. The largest absolute Gasteiger partial charge is 0.385 e. The fourth-order valence-electron chi connectivity index (χ4n) is 2.60. The molecule has 0 aliphatic heterocycles. The van der Waals surface area contributed by atoms with Gasteiger partial charge in [-0.15, -0.1) is 0 Å². The highest BCUT2D eigenvalue weighted by atomic mass is 15.0. The van der Waals surface area contributed by atoms with Crippen LogP contribution in [0.1, 0.15) is 11.3 Å². The number of aromatic amines is 1. The number of H-pyrrole nitrogens is 1. The van der Waals surface area contributed by atoms with E-state index in [0.717, 1.165) is 11.5 Å².